The van der Waals surface area contributed by atoms with E-state index in [1.807, 2.05) is 72.5 Å². The highest BCUT2D eigenvalue weighted by Gasteiger charge is 2.49. The smallest absolute Gasteiger partial charge is 0.297 e. The second kappa shape index (κ2) is 13.4. The maximum atomic E-state index is 12.7. The van der Waals surface area contributed by atoms with Crippen molar-refractivity contribution in [2.24, 2.45) is 5.92 Å². The number of pyridine rings is 1. The van der Waals surface area contributed by atoms with Crippen LogP contribution in [0.2, 0.25) is 18.6 Å². The van der Waals surface area contributed by atoms with Crippen LogP contribution in [0.15, 0.2) is 83.9 Å². The van der Waals surface area contributed by atoms with E-state index in [4.69, 9.17) is 9.47 Å². The van der Waals surface area contributed by atoms with Crippen LogP contribution >= 0.6 is 0 Å². The molecule has 1 saturated heterocycles. The number of aliphatic hydroxyl groups is 1. The second-order valence-corrected chi connectivity index (χ2v) is 16.0. The van der Waals surface area contributed by atoms with Gasteiger partial charge in [0.2, 0.25) is 0 Å². The fourth-order valence-corrected chi connectivity index (χ4v) is 9.24. The van der Waals surface area contributed by atoms with Gasteiger partial charge in [0.1, 0.15) is 0 Å². The van der Waals surface area contributed by atoms with Crippen molar-refractivity contribution in [3.05, 3.63) is 106 Å². The molecule has 1 fully saturated rings. The standard InChI is InChI=1S/C33H42N4O5Si/c1-23-29(16-15-24-10-8-13-26(20-24)37-18-9-14-31(41-2)33(37)39)42-30(32(23)43(3,4)40)17-19-36-21-28(34-35-36)27(22-38)25-11-6-5-7-12-25/h5-14,18,20-21,23,27,29-30,32,38,40H,15-17,19,22H2,1-4H3/t23-,27?,29+,30-,32+/m0/s1. The van der Waals surface area contributed by atoms with Gasteiger partial charge >= 0.3 is 0 Å². The van der Waals surface area contributed by atoms with Crippen LogP contribution in [0.4, 0.5) is 0 Å². The summed E-state index contributed by atoms with van der Waals surface area (Å²) in [4.78, 5) is 24.0. The predicted molar refractivity (Wildman–Crippen MR) is 168 cm³/mol. The summed E-state index contributed by atoms with van der Waals surface area (Å²) in [6.07, 6.45) is 5.92. The lowest BCUT2D eigenvalue weighted by atomic mass is 9.95. The molecule has 0 amide bonds. The fraction of sp³-hybridized carbons (Fsp3) is 0.424. The van der Waals surface area contributed by atoms with E-state index in [-0.39, 0.29) is 41.8 Å². The average molecular weight is 603 g/mol. The maximum Gasteiger partial charge on any atom is 0.297 e. The van der Waals surface area contributed by atoms with E-state index < -0.39 is 8.32 Å². The molecule has 2 aromatic heterocycles. The molecule has 5 atom stereocenters. The van der Waals surface area contributed by atoms with Gasteiger partial charge in [0, 0.05) is 30.2 Å². The van der Waals surface area contributed by atoms with Crippen molar-refractivity contribution in [3.8, 4) is 11.4 Å². The molecule has 0 spiro atoms. The second-order valence-electron chi connectivity index (χ2n) is 12.1. The lowest BCUT2D eigenvalue weighted by Gasteiger charge is -2.30. The molecule has 1 unspecified atom stereocenters. The number of methoxy groups -OCH3 is 1. The van der Waals surface area contributed by atoms with Crippen LogP contribution in [0.3, 0.4) is 0 Å². The molecule has 2 aromatic carbocycles. The summed E-state index contributed by atoms with van der Waals surface area (Å²) >= 11 is 0. The summed E-state index contributed by atoms with van der Waals surface area (Å²) in [7, 11) is -1.02. The molecular weight excluding hydrogens is 560 g/mol. The van der Waals surface area contributed by atoms with Crippen molar-refractivity contribution in [1.29, 1.82) is 0 Å². The first-order valence-electron chi connectivity index (χ1n) is 15.0. The molecule has 43 heavy (non-hydrogen) atoms. The van der Waals surface area contributed by atoms with Crippen LogP contribution < -0.4 is 10.3 Å². The normalized spacial score (nSPS) is 21.2. The first kappa shape index (κ1) is 30.9. The minimum Gasteiger partial charge on any atom is -0.491 e. The zero-order valence-corrected chi connectivity index (χ0v) is 26.3. The van der Waals surface area contributed by atoms with Crippen molar-refractivity contribution in [2.45, 2.75) is 69.5 Å². The Morgan fingerprint density at radius 3 is 2.56 bits per heavy atom. The first-order chi connectivity index (χ1) is 20.7. The first-order valence-corrected chi connectivity index (χ1v) is 18.0. The van der Waals surface area contributed by atoms with E-state index in [0.717, 1.165) is 35.3 Å². The molecule has 0 bridgehead atoms. The summed E-state index contributed by atoms with van der Waals surface area (Å²) in [6, 6.07) is 21.3. The van der Waals surface area contributed by atoms with E-state index in [2.05, 4.69) is 23.3 Å². The van der Waals surface area contributed by atoms with Crippen molar-refractivity contribution in [3.63, 3.8) is 0 Å². The molecule has 3 heterocycles. The van der Waals surface area contributed by atoms with E-state index in [0.29, 0.717) is 18.7 Å². The topological polar surface area (TPSA) is 112 Å². The zero-order valence-electron chi connectivity index (χ0n) is 25.3. The van der Waals surface area contributed by atoms with Gasteiger partial charge in [0.05, 0.1) is 37.5 Å². The summed E-state index contributed by atoms with van der Waals surface area (Å²) in [5.41, 5.74) is 3.56. The molecule has 2 N–H and O–H groups in total. The lowest BCUT2D eigenvalue weighted by Crippen LogP contribution is -2.40. The van der Waals surface area contributed by atoms with Gasteiger partial charge in [-0.15, -0.1) is 5.10 Å². The molecule has 228 valence electrons. The number of rotatable bonds is 12. The minimum atomic E-state index is -2.52. The Balaban J connectivity index is 1.25. The highest BCUT2D eigenvalue weighted by molar-refractivity contribution is 6.71. The zero-order chi connectivity index (χ0) is 30.6. The van der Waals surface area contributed by atoms with Gasteiger partial charge in [0.15, 0.2) is 14.1 Å². The van der Waals surface area contributed by atoms with E-state index in [1.165, 1.54) is 7.11 Å². The van der Waals surface area contributed by atoms with Crippen molar-refractivity contribution >= 4 is 8.32 Å². The number of benzene rings is 2. The van der Waals surface area contributed by atoms with Gasteiger partial charge in [-0.25, -0.2) is 0 Å². The number of hydrogen-bond acceptors (Lipinski definition) is 7. The third-order valence-corrected chi connectivity index (χ3v) is 11.2. The van der Waals surface area contributed by atoms with Crippen LogP contribution in [0.5, 0.6) is 5.75 Å². The molecule has 9 nitrogen and oxygen atoms in total. The molecular formula is C33H42N4O5Si. The fourth-order valence-electron chi connectivity index (χ4n) is 6.58. The van der Waals surface area contributed by atoms with Crippen LogP contribution in [0, 0.1) is 5.92 Å². The van der Waals surface area contributed by atoms with E-state index >= 15 is 0 Å². The van der Waals surface area contributed by atoms with Gasteiger partial charge in [0.25, 0.3) is 5.56 Å². The molecule has 1 aliphatic rings. The molecule has 10 heteroatoms. The van der Waals surface area contributed by atoms with Crippen LogP contribution in [0.1, 0.15) is 42.5 Å². The molecule has 0 aliphatic carbocycles. The number of aliphatic hydroxyl groups excluding tert-OH is 1. The Bertz CT molecular complexity index is 1550. The van der Waals surface area contributed by atoms with Crippen LogP contribution in [-0.2, 0) is 17.7 Å². The van der Waals surface area contributed by atoms with Crippen LogP contribution in [0.25, 0.3) is 5.69 Å². The summed E-state index contributed by atoms with van der Waals surface area (Å²) in [5, 5.41) is 18.7. The monoisotopic (exact) mass is 602 g/mol. The molecule has 0 radical (unpaired) electrons. The van der Waals surface area contributed by atoms with Gasteiger partial charge in [-0.1, -0.05) is 54.6 Å². The van der Waals surface area contributed by atoms with Gasteiger partial charge in [-0.05, 0) is 73.7 Å². The van der Waals surface area contributed by atoms with E-state index in [1.54, 1.807) is 22.9 Å². The van der Waals surface area contributed by atoms with Crippen molar-refractivity contribution < 1.29 is 19.4 Å². The van der Waals surface area contributed by atoms with Crippen molar-refractivity contribution in [2.75, 3.05) is 13.7 Å². The minimum absolute atomic E-state index is 0.0141. The Labute approximate surface area is 253 Å². The molecule has 1 aliphatic heterocycles. The quantitative estimate of drug-likeness (QED) is 0.229. The summed E-state index contributed by atoms with van der Waals surface area (Å²) < 4.78 is 15.3. The largest absolute Gasteiger partial charge is 0.491 e. The molecule has 5 rings (SSSR count). The van der Waals surface area contributed by atoms with Gasteiger partial charge in [-0.2, -0.15) is 0 Å². The Hall–Kier alpha value is -3.57. The molecule has 4 aromatic rings. The summed E-state index contributed by atoms with van der Waals surface area (Å²) in [6.45, 7) is 6.77. The van der Waals surface area contributed by atoms with Gasteiger partial charge in [-0.3, -0.25) is 14.0 Å². The lowest BCUT2D eigenvalue weighted by molar-refractivity contribution is 0.0245. The SMILES string of the molecule is COc1cccn(-c2cccc(CC[C@H]3O[C@@H](CCn4cc(C(CO)c5ccccc5)nn4)[C@H]([Si](C)(C)O)[C@H]3C)c2)c1=O. The Morgan fingerprint density at radius 1 is 1.05 bits per heavy atom. The number of ether oxygens (including phenoxy) is 2. The van der Waals surface area contributed by atoms with Crippen molar-refractivity contribution in [1.82, 2.24) is 19.6 Å². The molecule has 0 saturated carbocycles. The third-order valence-electron chi connectivity index (χ3n) is 8.70. The number of hydrogen-bond donors (Lipinski definition) is 2. The highest BCUT2D eigenvalue weighted by Crippen LogP contribution is 2.45. The van der Waals surface area contributed by atoms with Crippen LogP contribution in [-0.4, -0.2) is 63.7 Å². The predicted octanol–water partition coefficient (Wildman–Crippen LogP) is 4.56. The van der Waals surface area contributed by atoms with E-state index in [9.17, 15) is 14.7 Å². The number of aryl methyl sites for hydroxylation is 2. The Morgan fingerprint density at radius 2 is 1.84 bits per heavy atom. The van der Waals surface area contributed by atoms with Gasteiger partial charge < -0.3 is 19.4 Å². The summed E-state index contributed by atoms with van der Waals surface area (Å²) in [5.74, 6) is 0.296. The average Bonchev–Trinajstić information content (AvgIpc) is 3.60. The number of aromatic nitrogens is 4. The Kier molecular flexibility index (Phi) is 9.61. The third kappa shape index (κ3) is 6.99. The highest BCUT2D eigenvalue weighted by atomic mass is 28.4. The number of nitrogens with zero attached hydrogens (tertiary/aromatic N) is 4. The maximum absolute atomic E-state index is 12.7.